The standard InChI is InChI=1S/C51H70N8O10/c1-10-67-48(66)51(8,9)27-39(34-18-14-13-15-19-34)58-31-38(53-55-58)32-68-42(62)23-22-41(61)56(24-16-11-12-17-25-57-45(63)43-35-20-21-36(26-35)44(43)46(57)64)29-37-30-59(54-52-37)40(28-50(6,7)33(2)60)47(65)69-49(3,4)5/h13-15,18-21,30-31,35-36,39-40,43-44H,10-12,16-17,22-29,32H2,1-9H3/t35-,36+,39?,40?,43+,44?/m1/s1. The summed E-state index contributed by atoms with van der Waals surface area (Å²) < 4.78 is 19.6. The highest BCUT2D eigenvalue weighted by molar-refractivity contribution is 6.06. The zero-order valence-electron chi connectivity index (χ0n) is 41.7. The molecule has 69 heavy (non-hydrogen) atoms. The van der Waals surface area contributed by atoms with E-state index in [1.165, 1.54) is 16.5 Å². The normalized spacial score (nSPS) is 19.6. The summed E-state index contributed by atoms with van der Waals surface area (Å²) in [5, 5.41) is 17.1. The van der Waals surface area contributed by atoms with Crippen LogP contribution < -0.4 is 0 Å². The molecule has 0 spiro atoms. The molecule has 1 saturated carbocycles. The van der Waals surface area contributed by atoms with E-state index in [1.807, 2.05) is 44.2 Å². The van der Waals surface area contributed by atoms with E-state index in [2.05, 4.69) is 32.8 Å². The predicted octanol–water partition coefficient (Wildman–Crippen LogP) is 6.55. The summed E-state index contributed by atoms with van der Waals surface area (Å²) >= 11 is 0. The highest BCUT2D eigenvalue weighted by Gasteiger charge is 2.59. The molecule has 0 N–H and O–H groups in total. The summed E-state index contributed by atoms with van der Waals surface area (Å²) in [5.41, 5.74) is -0.823. The summed E-state index contributed by atoms with van der Waals surface area (Å²) in [7, 11) is 0. The first-order valence-corrected chi connectivity index (χ1v) is 24.3. The Labute approximate surface area is 404 Å². The number of esters is 3. The van der Waals surface area contributed by atoms with Gasteiger partial charge in [0, 0.05) is 24.9 Å². The van der Waals surface area contributed by atoms with Crippen molar-refractivity contribution in [2.45, 2.75) is 151 Å². The van der Waals surface area contributed by atoms with Gasteiger partial charge in [-0.15, -0.1) is 10.2 Å². The van der Waals surface area contributed by atoms with Crippen molar-refractivity contribution in [2.75, 3.05) is 19.7 Å². The summed E-state index contributed by atoms with van der Waals surface area (Å²) in [4.78, 5) is 95.3. The quantitative estimate of drug-likeness (QED) is 0.0290. The Hall–Kier alpha value is -6.07. The molecule has 3 aromatic rings. The number of hydrogen-bond acceptors (Lipinski definition) is 14. The number of likely N-dealkylation sites (tertiary alicyclic amines) is 1. The zero-order valence-corrected chi connectivity index (χ0v) is 41.7. The van der Waals surface area contributed by atoms with Gasteiger partial charge in [-0.25, -0.2) is 14.2 Å². The summed E-state index contributed by atoms with van der Waals surface area (Å²) in [6, 6.07) is 8.26. The number of hydrogen-bond donors (Lipinski definition) is 0. The van der Waals surface area contributed by atoms with Crippen molar-refractivity contribution in [3.63, 3.8) is 0 Å². The summed E-state index contributed by atoms with van der Waals surface area (Å²) in [6.07, 6.45) is 11.1. The number of imide groups is 1. The first-order valence-electron chi connectivity index (χ1n) is 24.3. The lowest BCUT2D eigenvalue weighted by molar-refractivity contribution is -0.161. The molecule has 3 heterocycles. The highest BCUT2D eigenvalue weighted by atomic mass is 16.6. The minimum absolute atomic E-state index is 0.0274. The Morgan fingerprint density at radius 2 is 1.39 bits per heavy atom. The molecule has 2 aliphatic carbocycles. The average Bonchev–Trinajstić information content (AvgIpc) is 4.15. The lowest BCUT2D eigenvalue weighted by atomic mass is 9.82. The molecule has 374 valence electrons. The molecule has 3 unspecified atom stereocenters. The minimum Gasteiger partial charge on any atom is -0.466 e. The Morgan fingerprint density at radius 3 is 2.03 bits per heavy atom. The Kier molecular flexibility index (Phi) is 16.8. The second kappa shape index (κ2) is 22.1. The monoisotopic (exact) mass is 955 g/mol. The third-order valence-corrected chi connectivity index (χ3v) is 13.6. The molecule has 2 aromatic heterocycles. The Balaban J connectivity index is 1.08. The first kappa shape index (κ1) is 52.3. The smallest absolute Gasteiger partial charge is 0.331 e. The predicted molar refractivity (Wildman–Crippen MR) is 251 cm³/mol. The number of amides is 3. The van der Waals surface area contributed by atoms with E-state index in [0.29, 0.717) is 50.2 Å². The minimum atomic E-state index is -0.967. The van der Waals surface area contributed by atoms with Gasteiger partial charge in [0.05, 0.1) is 55.3 Å². The van der Waals surface area contributed by atoms with Crippen LogP contribution in [0.2, 0.25) is 0 Å². The van der Waals surface area contributed by atoms with Crippen LogP contribution in [0.5, 0.6) is 0 Å². The topological polar surface area (TPSA) is 215 Å². The zero-order chi connectivity index (χ0) is 50.3. The van der Waals surface area contributed by atoms with Crippen LogP contribution in [0.25, 0.3) is 0 Å². The number of carbonyl (C=O) groups is 7. The lowest BCUT2D eigenvalue weighted by Crippen LogP contribution is -2.35. The van der Waals surface area contributed by atoms with E-state index in [1.54, 1.807) is 63.5 Å². The number of benzene rings is 1. The highest BCUT2D eigenvalue weighted by Crippen LogP contribution is 2.52. The number of ketones is 1. The maximum absolute atomic E-state index is 13.9. The molecule has 18 nitrogen and oxygen atoms in total. The fourth-order valence-corrected chi connectivity index (χ4v) is 9.48. The van der Waals surface area contributed by atoms with Gasteiger partial charge >= 0.3 is 17.9 Å². The van der Waals surface area contributed by atoms with Gasteiger partial charge in [-0.2, -0.15) is 0 Å². The second-order valence-electron chi connectivity index (χ2n) is 21.0. The molecule has 6 atom stereocenters. The lowest BCUT2D eigenvalue weighted by Gasteiger charge is -2.29. The van der Waals surface area contributed by atoms with Gasteiger partial charge in [0.1, 0.15) is 29.4 Å². The number of allylic oxidation sites excluding steroid dienone is 2. The SMILES string of the molecule is CCOC(=O)C(C)(C)CC(c1ccccc1)n1cc(COC(=O)CCC(=O)N(CCCCCCN2C(=O)C3[C@@H](C2=O)[C@@H]2C=C[C@H]3C2)Cc2cn(C(CC(C)(C)C(C)=O)C(=O)OC(C)(C)C)nn2)nn1. The summed E-state index contributed by atoms with van der Waals surface area (Å²) in [5.74, 6) is -2.18. The molecule has 2 bridgehead atoms. The van der Waals surface area contributed by atoms with Crippen LogP contribution in [0.15, 0.2) is 54.9 Å². The number of ether oxygens (including phenoxy) is 3. The van der Waals surface area contributed by atoms with E-state index in [4.69, 9.17) is 14.2 Å². The molecule has 0 radical (unpaired) electrons. The molecule has 3 amide bonds. The van der Waals surface area contributed by atoms with Crippen molar-refractivity contribution in [3.8, 4) is 0 Å². The molecule has 18 heteroatoms. The van der Waals surface area contributed by atoms with Gasteiger partial charge in [-0.05, 0) is 98.0 Å². The van der Waals surface area contributed by atoms with Crippen LogP contribution in [-0.2, 0) is 60.9 Å². The van der Waals surface area contributed by atoms with Crippen molar-refractivity contribution in [2.24, 2.45) is 34.5 Å². The van der Waals surface area contributed by atoms with Crippen LogP contribution in [0.3, 0.4) is 0 Å². The molecule has 2 fully saturated rings. The number of carbonyl (C=O) groups excluding carboxylic acids is 7. The molecule has 1 aliphatic heterocycles. The van der Waals surface area contributed by atoms with Crippen LogP contribution >= 0.6 is 0 Å². The largest absolute Gasteiger partial charge is 0.466 e. The fourth-order valence-electron chi connectivity index (χ4n) is 9.48. The second-order valence-corrected chi connectivity index (χ2v) is 21.0. The third-order valence-electron chi connectivity index (χ3n) is 13.6. The Bertz CT molecular complexity index is 2330. The molecule has 1 aromatic carbocycles. The molecule has 1 saturated heterocycles. The first-order chi connectivity index (χ1) is 32.6. The van der Waals surface area contributed by atoms with E-state index < -0.39 is 34.4 Å². The van der Waals surface area contributed by atoms with Crippen LogP contribution in [-0.4, -0.2) is 106 Å². The number of rotatable bonds is 25. The van der Waals surface area contributed by atoms with Gasteiger partial charge in [0.25, 0.3) is 0 Å². The number of nitrogens with zero attached hydrogens (tertiary/aromatic N) is 8. The van der Waals surface area contributed by atoms with E-state index in [-0.39, 0.29) is 98.2 Å². The van der Waals surface area contributed by atoms with Gasteiger partial charge in [-0.1, -0.05) is 79.6 Å². The van der Waals surface area contributed by atoms with Crippen molar-refractivity contribution >= 4 is 41.4 Å². The van der Waals surface area contributed by atoms with E-state index in [9.17, 15) is 33.6 Å². The van der Waals surface area contributed by atoms with Gasteiger partial charge < -0.3 is 19.1 Å². The molecule has 6 rings (SSSR count). The molecular weight excluding hydrogens is 885 g/mol. The summed E-state index contributed by atoms with van der Waals surface area (Å²) in [6.45, 7) is 16.4. The average molecular weight is 955 g/mol. The van der Waals surface area contributed by atoms with E-state index in [0.717, 1.165) is 18.4 Å². The van der Waals surface area contributed by atoms with Crippen LogP contribution in [0, 0.1) is 34.5 Å². The number of aromatic nitrogens is 6. The van der Waals surface area contributed by atoms with Crippen molar-refractivity contribution in [1.29, 1.82) is 0 Å². The molecule has 3 aliphatic rings. The van der Waals surface area contributed by atoms with Crippen LogP contribution in [0.1, 0.15) is 149 Å². The maximum Gasteiger partial charge on any atom is 0.331 e. The Morgan fingerprint density at radius 1 is 0.768 bits per heavy atom. The van der Waals surface area contributed by atoms with Crippen molar-refractivity contribution in [3.05, 3.63) is 71.8 Å². The van der Waals surface area contributed by atoms with E-state index >= 15 is 0 Å². The number of unbranched alkanes of at least 4 members (excludes halogenated alkanes) is 3. The van der Waals surface area contributed by atoms with Crippen molar-refractivity contribution < 1.29 is 47.8 Å². The number of fused-ring (bicyclic) bond motifs is 5. The molecular formula is C51H70N8O10. The van der Waals surface area contributed by atoms with Gasteiger partial charge in [-0.3, -0.25) is 33.7 Å². The number of Topliss-reactive ketones (excluding diaryl/α,β-unsaturated/α-hetero) is 1. The fraction of sp³-hybridized carbons (Fsp3) is 0.627. The van der Waals surface area contributed by atoms with Gasteiger partial charge in [0.2, 0.25) is 17.7 Å². The van der Waals surface area contributed by atoms with Crippen molar-refractivity contribution in [1.82, 2.24) is 39.8 Å². The maximum atomic E-state index is 13.9. The van der Waals surface area contributed by atoms with Crippen LogP contribution in [0.4, 0.5) is 0 Å². The van der Waals surface area contributed by atoms with Gasteiger partial charge in [0.15, 0.2) is 6.04 Å². The third kappa shape index (κ3) is 13.2.